The monoisotopic (exact) mass is 301 g/mol. The molecule has 3 N–H and O–H groups in total. The Bertz CT molecular complexity index is 317. The summed E-state index contributed by atoms with van der Waals surface area (Å²) in [6, 6.07) is -0.0239. The molecule has 0 aromatic carbocycles. The smallest absolute Gasteiger partial charge is 0.317 e. The van der Waals surface area contributed by atoms with Gasteiger partial charge in [0.05, 0.1) is 6.61 Å². The van der Waals surface area contributed by atoms with Crippen LogP contribution in [0.4, 0.5) is 4.79 Å². The maximum absolute atomic E-state index is 11.9. The van der Waals surface area contributed by atoms with Gasteiger partial charge in [0, 0.05) is 45.7 Å². The van der Waals surface area contributed by atoms with Gasteiger partial charge < -0.3 is 20.4 Å². The number of nitrogens with zero attached hydrogens (tertiary/aromatic N) is 2. The minimum Gasteiger partial charge on any atom is -0.481 e. The maximum atomic E-state index is 11.9. The van der Waals surface area contributed by atoms with Gasteiger partial charge in [0.15, 0.2) is 0 Å². The van der Waals surface area contributed by atoms with Gasteiger partial charge in [-0.1, -0.05) is 12.8 Å². The van der Waals surface area contributed by atoms with E-state index in [1.807, 2.05) is 0 Å². The van der Waals surface area contributed by atoms with Crippen molar-refractivity contribution in [2.24, 2.45) is 0 Å². The summed E-state index contributed by atoms with van der Waals surface area (Å²) in [6.07, 6.45) is 3.65. The zero-order valence-electron chi connectivity index (χ0n) is 12.6. The molecule has 21 heavy (non-hydrogen) atoms. The second-order valence-electron chi connectivity index (χ2n) is 5.34. The number of carboxylic acids is 1. The Hall–Kier alpha value is -1.34. The first-order chi connectivity index (χ1) is 10.1. The summed E-state index contributed by atoms with van der Waals surface area (Å²) >= 11 is 0. The second-order valence-corrected chi connectivity index (χ2v) is 5.34. The lowest BCUT2D eigenvalue weighted by molar-refractivity contribution is -0.137. The Balaban J connectivity index is 2.00. The summed E-state index contributed by atoms with van der Waals surface area (Å²) in [5.41, 5.74) is 0. The third-order valence-corrected chi connectivity index (χ3v) is 3.67. The van der Waals surface area contributed by atoms with E-state index in [1.165, 1.54) is 0 Å². The molecule has 0 aromatic rings. The molecule has 0 aromatic heterocycles. The van der Waals surface area contributed by atoms with E-state index in [9.17, 15) is 9.59 Å². The average Bonchev–Trinajstić information content (AvgIpc) is 2.47. The van der Waals surface area contributed by atoms with Crippen LogP contribution in [-0.2, 0) is 4.79 Å². The Morgan fingerprint density at radius 1 is 1.00 bits per heavy atom. The number of β-amino-alcohol motifs (C(OH)–C–C–N with tert-alkyl or cyclic N) is 1. The van der Waals surface area contributed by atoms with Gasteiger partial charge in [-0.15, -0.1) is 0 Å². The van der Waals surface area contributed by atoms with Crippen molar-refractivity contribution in [3.63, 3.8) is 0 Å². The largest absolute Gasteiger partial charge is 0.481 e. The Morgan fingerprint density at radius 3 is 2.29 bits per heavy atom. The minimum atomic E-state index is -0.747. The number of nitrogens with one attached hydrogen (secondary N) is 1. The molecule has 122 valence electrons. The van der Waals surface area contributed by atoms with Crippen molar-refractivity contribution in [2.75, 3.05) is 45.9 Å². The first-order valence-electron chi connectivity index (χ1n) is 7.71. The molecule has 1 aliphatic heterocycles. The van der Waals surface area contributed by atoms with Crippen LogP contribution in [0.3, 0.4) is 0 Å². The fourth-order valence-corrected chi connectivity index (χ4v) is 2.38. The Kier molecular flexibility index (Phi) is 8.77. The molecule has 1 rings (SSSR count). The van der Waals surface area contributed by atoms with Crippen molar-refractivity contribution < 1.29 is 19.8 Å². The van der Waals surface area contributed by atoms with Gasteiger partial charge >= 0.3 is 12.0 Å². The lowest BCUT2D eigenvalue weighted by atomic mass is 10.1. The molecule has 7 nitrogen and oxygen atoms in total. The molecule has 0 aliphatic carbocycles. The molecule has 7 heteroatoms. The number of hydrogen-bond acceptors (Lipinski definition) is 4. The number of carboxylic acid groups (broad SMARTS) is 1. The Morgan fingerprint density at radius 2 is 1.67 bits per heavy atom. The fourth-order valence-electron chi connectivity index (χ4n) is 2.38. The van der Waals surface area contributed by atoms with Crippen LogP contribution in [0.25, 0.3) is 0 Å². The first kappa shape index (κ1) is 17.7. The fraction of sp³-hybridized carbons (Fsp3) is 0.857. The first-order valence-corrected chi connectivity index (χ1v) is 7.71. The lowest BCUT2D eigenvalue weighted by Crippen LogP contribution is -2.52. The molecule has 0 saturated carbocycles. The molecule has 0 unspecified atom stereocenters. The van der Waals surface area contributed by atoms with Crippen molar-refractivity contribution in [2.45, 2.75) is 32.1 Å². The molecule has 1 aliphatic rings. The molecular weight excluding hydrogens is 274 g/mol. The van der Waals surface area contributed by atoms with E-state index in [0.717, 1.165) is 32.4 Å². The van der Waals surface area contributed by atoms with Crippen molar-refractivity contribution in [3.05, 3.63) is 0 Å². The number of aliphatic carboxylic acids is 1. The highest BCUT2D eigenvalue weighted by Gasteiger charge is 2.19. The molecule has 0 bridgehead atoms. The third-order valence-electron chi connectivity index (χ3n) is 3.67. The molecule has 1 fully saturated rings. The number of urea groups is 1. The highest BCUT2D eigenvalue weighted by molar-refractivity contribution is 5.74. The number of aliphatic hydroxyl groups is 1. The van der Waals surface area contributed by atoms with Crippen LogP contribution < -0.4 is 5.32 Å². The molecule has 0 spiro atoms. The van der Waals surface area contributed by atoms with Crippen molar-refractivity contribution >= 4 is 12.0 Å². The van der Waals surface area contributed by atoms with Gasteiger partial charge in [0.2, 0.25) is 0 Å². The van der Waals surface area contributed by atoms with Gasteiger partial charge in [-0.2, -0.15) is 0 Å². The summed E-state index contributed by atoms with van der Waals surface area (Å²) in [5, 5.41) is 20.3. The Labute approximate surface area is 125 Å². The average molecular weight is 301 g/mol. The predicted octanol–water partition coefficient (Wildman–Crippen LogP) is 0.341. The second kappa shape index (κ2) is 10.4. The van der Waals surface area contributed by atoms with E-state index < -0.39 is 5.97 Å². The molecule has 0 atom stereocenters. The molecule has 1 heterocycles. The summed E-state index contributed by atoms with van der Waals surface area (Å²) in [4.78, 5) is 26.2. The normalized spacial score (nSPS) is 16.0. The van der Waals surface area contributed by atoms with Crippen molar-refractivity contribution in [1.82, 2.24) is 15.1 Å². The molecular formula is C14H27N3O4. The number of amides is 2. The van der Waals surface area contributed by atoms with E-state index in [2.05, 4.69) is 10.2 Å². The summed E-state index contributed by atoms with van der Waals surface area (Å²) in [7, 11) is 0. The number of carbonyl (C=O) groups excluding carboxylic acids is 1. The van der Waals surface area contributed by atoms with E-state index >= 15 is 0 Å². The number of rotatable bonds is 9. The standard InChI is InChI=1S/C14H27N3O4/c18-12-11-16-7-9-17(10-8-16)14(21)15-6-4-2-1-3-5-13(19)20/h18H,1-12H2,(H,15,21)(H,19,20). The summed E-state index contributed by atoms with van der Waals surface area (Å²) < 4.78 is 0. The summed E-state index contributed by atoms with van der Waals surface area (Å²) in [5.74, 6) is -0.747. The SMILES string of the molecule is O=C(O)CCCCCCNC(=O)N1CCN(CCO)CC1. The van der Waals surface area contributed by atoms with Crippen LogP contribution in [0.1, 0.15) is 32.1 Å². The van der Waals surface area contributed by atoms with Gasteiger partial charge in [0.1, 0.15) is 0 Å². The molecule has 1 saturated heterocycles. The van der Waals surface area contributed by atoms with Crippen LogP contribution in [0.15, 0.2) is 0 Å². The number of carbonyl (C=O) groups is 2. The number of aliphatic hydroxyl groups excluding tert-OH is 1. The van der Waals surface area contributed by atoms with Gasteiger partial charge in [-0.25, -0.2) is 4.79 Å². The number of piperazine rings is 1. The topological polar surface area (TPSA) is 93.1 Å². The van der Waals surface area contributed by atoms with Crippen LogP contribution in [0.2, 0.25) is 0 Å². The van der Waals surface area contributed by atoms with E-state index in [1.54, 1.807) is 4.90 Å². The number of hydrogen-bond donors (Lipinski definition) is 3. The van der Waals surface area contributed by atoms with E-state index in [-0.39, 0.29) is 19.1 Å². The molecule has 2 amide bonds. The highest BCUT2D eigenvalue weighted by atomic mass is 16.4. The van der Waals surface area contributed by atoms with Crippen molar-refractivity contribution in [3.8, 4) is 0 Å². The number of unbranched alkanes of at least 4 members (excludes halogenated alkanes) is 3. The third kappa shape index (κ3) is 7.87. The lowest BCUT2D eigenvalue weighted by Gasteiger charge is -2.34. The van der Waals surface area contributed by atoms with Crippen LogP contribution in [0, 0.1) is 0 Å². The van der Waals surface area contributed by atoms with Gasteiger partial charge in [0.25, 0.3) is 0 Å². The van der Waals surface area contributed by atoms with E-state index in [4.69, 9.17) is 10.2 Å². The zero-order valence-corrected chi connectivity index (χ0v) is 12.6. The molecule has 0 radical (unpaired) electrons. The van der Waals surface area contributed by atoms with Gasteiger partial charge in [-0.05, 0) is 12.8 Å². The van der Waals surface area contributed by atoms with Gasteiger partial charge in [-0.3, -0.25) is 9.69 Å². The van der Waals surface area contributed by atoms with E-state index in [0.29, 0.717) is 32.6 Å². The predicted molar refractivity (Wildman–Crippen MR) is 79.2 cm³/mol. The van der Waals surface area contributed by atoms with Crippen LogP contribution in [-0.4, -0.2) is 77.9 Å². The van der Waals surface area contributed by atoms with Crippen LogP contribution in [0.5, 0.6) is 0 Å². The van der Waals surface area contributed by atoms with Crippen molar-refractivity contribution in [1.29, 1.82) is 0 Å². The maximum Gasteiger partial charge on any atom is 0.317 e. The van der Waals surface area contributed by atoms with Crippen LogP contribution >= 0.6 is 0 Å². The highest BCUT2D eigenvalue weighted by Crippen LogP contribution is 2.04. The quantitative estimate of drug-likeness (QED) is 0.534. The summed E-state index contributed by atoms with van der Waals surface area (Å²) in [6.45, 7) is 4.49. The minimum absolute atomic E-state index is 0.0239. The zero-order chi connectivity index (χ0) is 15.5.